The van der Waals surface area contributed by atoms with Crippen molar-refractivity contribution in [2.24, 2.45) is 0 Å². The van der Waals surface area contributed by atoms with Gasteiger partial charge in [-0.3, -0.25) is 4.98 Å². The van der Waals surface area contributed by atoms with Gasteiger partial charge in [0, 0.05) is 5.92 Å². The van der Waals surface area contributed by atoms with Crippen LogP contribution in [0.25, 0.3) is 5.78 Å². The van der Waals surface area contributed by atoms with Gasteiger partial charge in [0.1, 0.15) is 10.4 Å². The first-order valence-electron chi connectivity index (χ1n) is 4.22. The monoisotopic (exact) mass is 256 g/mol. The molecular formula is C8H9BrN4O. The summed E-state index contributed by atoms with van der Waals surface area (Å²) < 4.78 is 1.99. The molecule has 0 saturated heterocycles. The molecule has 6 heteroatoms. The molecule has 0 aliphatic heterocycles. The number of halogens is 1. The number of fused-ring (bicyclic) bond motifs is 1. The molecule has 0 radical (unpaired) electrons. The molecule has 2 aromatic rings. The molecule has 0 aliphatic carbocycles. The van der Waals surface area contributed by atoms with E-state index in [1.807, 2.05) is 13.8 Å². The van der Waals surface area contributed by atoms with Crippen LogP contribution in [-0.2, 0) is 0 Å². The maximum absolute atomic E-state index is 11.6. The van der Waals surface area contributed by atoms with E-state index in [0.29, 0.717) is 16.2 Å². The third-order valence-corrected chi connectivity index (χ3v) is 2.46. The van der Waals surface area contributed by atoms with Gasteiger partial charge in [-0.2, -0.15) is 4.98 Å². The fourth-order valence-corrected chi connectivity index (χ4v) is 1.59. The van der Waals surface area contributed by atoms with E-state index in [9.17, 15) is 4.79 Å². The fraction of sp³-hybridized carbons (Fsp3) is 0.375. The Morgan fingerprint density at radius 3 is 2.93 bits per heavy atom. The van der Waals surface area contributed by atoms with Crippen molar-refractivity contribution >= 4 is 21.7 Å². The Hall–Kier alpha value is -1.17. The summed E-state index contributed by atoms with van der Waals surface area (Å²) in [5, 5.41) is 0. The first-order chi connectivity index (χ1) is 6.59. The fourth-order valence-electron chi connectivity index (χ4n) is 1.16. The summed E-state index contributed by atoms with van der Waals surface area (Å²) in [7, 11) is 0. The van der Waals surface area contributed by atoms with Crippen molar-refractivity contribution in [2.45, 2.75) is 19.8 Å². The second-order valence-electron chi connectivity index (χ2n) is 3.30. The second kappa shape index (κ2) is 3.20. The minimum atomic E-state index is -0.219. The molecule has 74 valence electrons. The van der Waals surface area contributed by atoms with Crippen LogP contribution in [0.2, 0.25) is 0 Å². The van der Waals surface area contributed by atoms with Crippen molar-refractivity contribution in [1.82, 2.24) is 19.4 Å². The number of nitrogens with one attached hydrogen (secondary N) is 1. The largest absolute Gasteiger partial charge is 0.334 e. The number of hydrogen-bond donors (Lipinski definition) is 1. The summed E-state index contributed by atoms with van der Waals surface area (Å²) in [6, 6.07) is 0. The average molecular weight is 257 g/mol. The van der Waals surface area contributed by atoms with Gasteiger partial charge in [0.05, 0.1) is 6.20 Å². The molecule has 1 N–H and O–H groups in total. The Kier molecular flexibility index (Phi) is 2.14. The molecule has 0 saturated carbocycles. The summed E-state index contributed by atoms with van der Waals surface area (Å²) >= 11 is 3.22. The van der Waals surface area contributed by atoms with Crippen LogP contribution in [0.1, 0.15) is 25.6 Å². The number of H-pyrrole nitrogens is 1. The zero-order valence-electron chi connectivity index (χ0n) is 7.78. The molecule has 0 aromatic carbocycles. The zero-order chi connectivity index (χ0) is 10.3. The molecule has 0 bridgehead atoms. The first kappa shape index (κ1) is 9.39. The van der Waals surface area contributed by atoms with Crippen LogP contribution in [-0.4, -0.2) is 19.4 Å². The van der Waals surface area contributed by atoms with Gasteiger partial charge < -0.3 is 0 Å². The highest BCUT2D eigenvalue weighted by Gasteiger charge is 2.09. The van der Waals surface area contributed by atoms with Crippen molar-refractivity contribution in [3.63, 3.8) is 0 Å². The third kappa shape index (κ3) is 1.35. The molecule has 5 nitrogen and oxygen atoms in total. The molecule has 2 aromatic heterocycles. The van der Waals surface area contributed by atoms with Crippen molar-refractivity contribution in [2.75, 3.05) is 0 Å². The van der Waals surface area contributed by atoms with Gasteiger partial charge in [-0.1, -0.05) is 13.8 Å². The standard InChI is InChI=1S/C8H9BrN4O/c1-4(2)6-11-7-10-3-5(9)13(7)8(14)12-6/h3-4H,1-2H3,(H,10,11,12,14). The lowest BCUT2D eigenvalue weighted by atomic mass is 10.2. The number of aromatic nitrogens is 4. The highest BCUT2D eigenvalue weighted by Crippen LogP contribution is 2.11. The zero-order valence-corrected chi connectivity index (χ0v) is 9.37. The van der Waals surface area contributed by atoms with E-state index in [1.54, 1.807) is 6.20 Å². The number of aromatic amines is 1. The molecule has 0 atom stereocenters. The van der Waals surface area contributed by atoms with E-state index in [4.69, 9.17) is 0 Å². The lowest BCUT2D eigenvalue weighted by molar-refractivity contribution is 0.743. The topological polar surface area (TPSA) is 63.1 Å². The lowest BCUT2D eigenvalue weighted by Crippen LogP contribution is -2.20. The normalized spacial score (nSPS) is 11.4. The maximum Gasteiger partial charge on any atom is 0.334 e. The van der Waals surface area contributed by atoms with Gasteiger partial charge in [-0.05, 0) is 15.9 Å². The highest BCUT2D eigenvalue weighted by atomic mass is 79.9. The quantitative estimate of drug-likeness (QED) is 0.837. The SMILES string of the molecule is CC(C)c1nc2ncc(Br)n2c(=O)[nH]1. The van der Waals surface area contributed by atoms with Crippen molar-refractivity contribution < 1.29 is 0 Å². The van der Waals surface area contributed by atoms with Crippen LogP contribution in [0.3, 0.4) is 0 Å². The lowest BCUT2D eigenvalue weighted by Gasteiger charge is -2.03. The van der Waals surface area contributed by atoms with Crippen molar-refractivity contribution in [3.8, 4) is 0 Å². The number of rotatable bonds is 1. The van der Waals surface area contributed by atoms with Gasteiger partial charge in [0.15, 0.2) is 0 Å². The average Bonchev–Trinajstić information content (AvgIpc) is 2.48. The molecule has 14 heavy (non-hydrogen) atoms. The predicted octanol–water partition coefficient (Wildman–Crippen LogP) is 1.30. The number of nitrogens with zero attached hydrogens (tertiary/aromatic N) is 3. The van der Waals surface area contributed by atoms with Gasteiger partial charge in [-0.25, -0.2) is 14.2 Å². The first-order valence-corrected chi connectivity index (χ1v) is 5.02. The van der Waals surface area contributed by atoms with Gasteiger partial charge in [0.2, 0.25) is 5.78 Å². The summed E-state index contributed by atoms with van der Waals surface area (Å²) in [5.41, 5.74) is -0.219. The van der Waals surface area contributed by atoms with Crippen molar-refractivity contribution in [1.29, 1.82) is 0 Å². The van der Waals surface area contributed by atoms with Crippen LogP contribution in [0, 0.1) is 0 Å². The maximum atomic E-state index is 11.6. The van der Waals surface area contributed by atoms with E-state index < -0.39 is 0 Å². The highest BCUT2D eigenvalue weighted by molar-refractivity contribution is 9.10. The van der Waals surface area contributed by atoms with Gasteiger partial charge in [0.25, 0.3) is 0 Å². The minimum Gasteiger partial charge on any atom is -0.295 e. The molecule has 0 amide bonds. The second-order valence-corrected chi connectivity index (χ2v) is 4.11. The van der Waals surface area contributed by atoms with E-state index >= 15 is 0 Å². The third-order valence-electron chi connectivity index (χ3n) is 1.91. The van der Waals surface area contributed by atoms with Crippen LogP contribution >= 0.6 is 15.9 Å². The Balaban J connectivity index is 2.81. The van der Waals surface area contributed by atoms with Crippen LogP contribution in [0.5, 0.6) is 0 Å². The summed E-state index contributed by atoms with van der Waals surface area (Å²) in [6.07, 6.45) is 1.56. The Morgan fingerprint density at radius 2 is 2.29 bits per heavy atom. The Labute approximate surface area is 88.3 Å². The molecule has 0 fully saturated rings. The van der Waals surface area contributed by atoms with Crippen LogP contribution < -0.4 is 5.69 Å². The van der Waals surface area contributed by atoms with E-state index in [0.717, 1.165) is 0 Å². The van der Waals surface area contributed by atoms with Crippen molar-refractivity contribution in [3.05, 3.63) is 27.1 Å². The molecule has 2 rings (SSSR count). The smallest absolute Gasteiger partial charge is 0.295 e. The summed E-state index contributed by atoms with van der Waals surface area (Å²) in [5.74, 6) is 1.26. The molecule has 0 spiro atoms. The molecule has 2 heterocycles. The molecule has 0 unspecified atom stereocenters. The van der Waals surface area contributed by atoms with E-state index in [-0.39, 0.29) is 11.6 Å². The minimum absolute atomic E-state index is 0.183. The molecular weight excluding hydrogens is 248 g/mol. The van der Waals surface area contributed by atoms with Gasteiger partial charge in [-0.15, -0.1) is 0 Å². The predicted molar refractivity (Wildman–Crippen MR) is 55.4 cm³/mol. The Bertz CT molecular complexity index is 528. The number of hydrogen-bond acceptors (Lipinski definition) is 3. The van der Waals surface area contributed by atoms with E-state index in [1.165, 1.54) is 4.40 Å². The van der Waals surface area contributed by atoms with Gasteiger partial charge >= 0.3 is 5.69 Å². The molecule has 0 aliphatic rings. The Morgan fingerprint density at radius 1 is 1.57 bits per heavy atom. The van der Waals surface area contributed by atoms with Crippen LogP contribution in [0.4, 0.5) is 0 Å². The summed E-state index contributed by atoms with van der Waals surface area (Å²) in [6.45, 7) is 3.93. The summed E-state index contributed by atoms with van der Waals surface area (Å²) in [4.78, 5) is 22.5. The number of imidazole rings is 1. The van der Waals surface area contributed by atoms with E-state index in [2.05, 4.69) is 30.9 Å². The van der Waals surface area contributed by atoms with Crippen LogP contribution in [0.15, 0.2) is 15.6 Å².